The number of carboxylic acids is 1. The van der Waals surface area contributed by atoms with Gasteiger partial charge < -0.3 is 10.8 Å². The van der Waals surface area contributed by atoms with E-state index in [9.17, 15) is 19.5 Å². The molecule has 0 saturated carbocycles. The number of carbonyl (C=O) groups excluding carboxylic acids is 2. The van der Waals surface area contributed by atoms with Gasteiger partial charge in [-0.3, -0.25) is 14.5 Å². The number of aryl methyl sites for hydroxylation is 1. The number of thiazole rings is 1. The van der Waals surface area contributed by atoms with E-state index in [2.05, 4.69) is 4.98 Å². The number of rotatable bonds is 4. The van der Waals surface area contributed by atoms with Crippen molar-refractivity contribution in [1.29, 1.82) is 0 Å². The van der Waals surface area contributed by atoms with Gasteiger partial charge in [-0.15, -0.1) is 23.1 Å². The van der Waals surface area contributed by atoms with E-state index in [0.717, 1.165) is 16.8 Å². The number of amides is 1. The van der Waals surface area contributed by atoms with Crippen molar-refractivity contribution in [3.63, 3.8) is 0 Å². The summed E-state index contributed by atoms with van der Waals surface area (Å²) in [6.45, 7) is 1.81. The normalized spacial score (nSPS) is 23.6. The third kappa shape index (κ3) is 2.91. The van der Waals surface area contributed by atoms with Crippen LogP contribution >= 0.6 is 34.9 Å². The minimum Gasteiger partial charge on any atom is -0.477 e. The molecule has 1 fully saturated rings. The molecule has 7 nitrogen and oxygen atoms in total. The van der Waals surface area contributed by atoms with Crippen LogP contribution in [0.1, 0.15) is 15.5 Å². The summed E-state index contributed by atoms with van der Waals surface area (Å²) < 4.78 is 0. The average Bonchev–Trinajstić information content (AvgIpc) is 2.97. The zero-order valence-electron chi connectivity index (χ0n) is 12.0. The topological polar surface area (TPSA) is 114 Å². The molecule has 1 amide bonds. The predicted molar refractivity (Wildman–Crippen MR) is 89.4 cm³/mol. The monoisotopic (exact) mass is 371 g/mol. The van der Waals surface area contributed by atoms with E-state index in [4.69, 9.17) is 5.73 Å². The van der Waals surface area contributed by atoms with E-state index >= 15 is 0 Å². The Bertz CT molecular complexity index is 730. The highest BCUT2D eigenvalue weighted by Crippen LogP contribution is 2.40. The molecule has 1 aromatic heterocycles. The molecule has 10 heteroatoms. The number of aliphatic carboxylic acids is 1. The van der Waals surface area contributed by atoms with Crippen molar-refractivity contribution in [1.82, 2.24) is 9.88 Å². The fraction of sp³-hybridized carbons (Fsp3) is 0.385. The lowest BCUT2D eigenvalue weighted by atomic mass is 10.0. The van der Waals surface area contributed by atoms with Crippen molar-refractivity contribution in [3.8, 4) is 0 Å². The summed E-state index contributed by atoms with van der Waals surface area (Å²) in [6, 6.07) is -0.650. The molecule has 3 N–H and O–H groups in total. The summed E-state index contributed by atoms with van der Waals surface area (Å²) >= 11 is 3.82. The van der Waals surface area contributed by atoms with Crippen LogP contribution in [0.15, 0.2) is 16.7 Å². The number of hydrogen-bond donors (Lipinski definition) is 2. The van der Waals surface area contributed by atoms with Crippen LogP contribution in [-0.4, -0.2) is 54.9 Å². The van der Waals surface area contributed by atoms with Crippen molar-refractivity contribution in [2.45, 2.75) is 18.3 Å². The summed E-state index contributed by atoms with van der Waals surface area (Å²) in [5.41, 5.74) is 6.59. The van der Waals surface area contributed by atoms with Gasteiger partial charge in [0.25, 0.3) is 0 Å². The van der Waals surface area contributed by atoms with E-state index in [1.807, 2.05) is 6.92 Å². The number of carboxylic acid groups (broad SMARTS) is 1. The number of carbonyl (C=O) groups is 3. The molecule has 1 saturated heterocycles. The highest BCUT2D eigenvalue weighted by Gasteiger charge is 2.51. The van der Waals surface area contributed by atoms with Crippen LogP contribution in [0.3, 0.4) is 0 Å². The van der Waals surface area contributed by atoms with Crippen LogP contribution in [-0.2, 0) is 9.59 Å². The van der Waals surface area contributed by atoms with Crippen LogP contribution in [0, 0.1) is 6.92 Å². The quantitative estimate of drug-likeness (QED) is 0.751. The summed E-state index contributed by atoms with van der Waals surface area (Å²) in [6.07, 6.45) is 0. The third-order valence-corrected chi connectivity index (χ3v) is 6.59. The summed E-state index contributed by atoms with van der Waals surface area (Å²) in [4.78, 5) is 40.8. The van der Waals surface area contributed by atoms with Crippen LogP contribution < -0.4 is 5.73 Å². The lowest BCUT2D eigenvalue weighted by Crippen LogP contribution is -2.68. The van der Waals surface area contributed by atoms with Gasteiger partial charge in [-0.05, 0) is 12.5 Å². The standard InChI is InChI=1S/C13H13N3O4S3/c1-5-15-7(4-21-5)13(20)23-3-6-2-22-11-8(14)10(17)16(11)9(6)12(18)19/h4,8,11H,2-3,14H2,1H3,(H,18,19)/t8?,11-/m0/s1. The van der Waals surface area contributed by atoms with Crippen molar-refractivity contribution >= 4 is 51.9 Å². The number of nitrogens with zero attached hydrogens (tertiary/aromatic N) is 2. The van der Waals surface area contributed by atoms with Gasteiger partial charge in [-0.2, -0.15) is 0 Å². The molecule has 1 unspecified atom stereocenters. The van der Waals surface area contributed by atoms with Gasteiger partial charge in [0.05, 0.1) is 5.01 Å². The number of hydrogen-bond acceptors (Lipinski definition) is 8. The second-order valence-electron chi connectivity index (χ2n) is 5.02. The molecule has 0 bridgehead atoms. The van der Waals surface area contributed by atoms with Crippen LogP contribution in [0.5, 0.6) is 0 Å². The molecule has 3 rings (SSSR count). The molecule has 3 heterocycles. The maximum absolute atomic E-state index is 12.1. The van der Waals surface area contributed by atoms with Gasteiger partial charge in [0.15, 0.2) is 0 Å². The lowest BCUT2D eigenvalue weighted by molar-refractivity contribution is -0.147. The number of β-lactam (4-membered cyclic amide) rings is 1. The summed E-state index contributed by atoms with van der Waals surface area (Å²) in [5.74, 6) is -0.887. The second-order valence-corrected chi connectivity index (χ2v) is 8.14. The molecule has 2 atom stereocenters. The van der Waals surface area contributed by atoms with Crippen LogP contribution in [0.25, 0.3) is 0 Å². The Labute approximate surface area is 144 Å². The first-order chi connectivity index (χ1) is 10.9. The third-order valence-electron chi connectivity index (χ3n) is 3.50. The molecule has 0 spiro atoms. The van der Waals surface area contributed by atoms with Crippen molar-refractivity contribution in [2.24, 2.45) is 5.73 Å². The minimum atomic E-state index is -1.16. The Morgan fingerprint density at radius 3 is 2.91 bits per heavy atom. The fourth-order valence-electron chi connectivity index (χ4n) is 2.37. The number of thioether (sulfide) groups is 2. The molecule has 2 aliphatic heterocycles. The molecule has 23 heavy (non-hydrogen) atoms. The molecule has 0 aliphatic carbocycles. The average molecular weight is 371 g/mol. The first-order valence-corrected chi connectivity index (χ1v) is 9.56. The smallest absolute Gasteiger partial charge is 0.352 e. The molecule has 122 valence electrons. The second kappa shape index (κ2) is 6.27. The molecule has 2 aliphatic rings. The molecule has 1 aromatic rings. The van der Waals surface area contributed by atoms with E-state index in [1.54, 1.807) is 5.38 Å². The largest absolute Gasteiger partial charge is 0.477 e. The highest BCUT2D eigenvalue weighted by molar-refractivity contribution is 8.14. The van der Waals surface area contributed by atoms with Gasteiger partial charge in [-0.25, -0.2) is 9.78 Å². The summed E-state index contributed by atoms with van der Waals surface area (Å²) in [5, 5.41) is 11.4. The number of aromatic nitrogens is 1. The van der Waals surface area contributed by atoms with Gasteiger partial charge in [0.2, 0.25) is 11.0 Å². The molecule has 0 aromatic carbocycles. The van der Waals surface area contributed by atoms with E-state index in [1.165, 1.54) is 28.0 Å². The van der Waals surface area contributed by atoms with Crippen molar-refractivity contribution in [3.05, 3.63) is 27.4 Å². The Morgan fingerprint density at radius 2 is 2.30 bits per heavy atom. The van der Waals surface area contributed by atoms with Gasteiger partial charge in [-0.1, -0.05) is 11.8 Å². The Balaban J connectivity index is 1.76. The first kappa shape index (κ1) is 16.5. The number of nitrogens with two attached hydrogens (primary N) is 1. The SMILES string of the molecule is Cc1nc(C(=O)SCC2=C(C(=O)O)N3C(=O)C(N)[C@@H]3SC2)cs1. The van der Waals surface area contributed by atoms with E-state index in [-0.39, 0.29) is 27.8 Å². The Hall–Kier alpha value is -1.36. The molecule has 0 radical (unpaired) electrons. The van der Waals surface area contributed by atoms with Gasteiger partial charge in [0, 0.05) is 16.9 Å². The van der Waals surface area contributed by atoms with Gasteiger partial charge in [0.1, 0.15) is 22.8 Å². The maximum atomic E-state index is 12.1. The Kier molecular flexibility index (Phi) is 4.50. The van der Waals surface area contributed by atoms with Crippen molar-refractivity contribution < 1.29 is 19.5 Å². The van der Waals surface area contributed by atoms with Gasteiger partial charge >= 0.3 is 5.97 Å². The zero-order chi connectivity index (χ0) is 16.7. The minimum absolute atomic E-state index is 0.0322. The maximum Gasteiger partial charge on any atom is 0.352 e. The van der Waals surface area contributed by atoms with E-state index < -0.39 is 12.0 Å². The predicted octanol–water partition coefficient (Wildman–Crippen LogP) is 0.906. The first-order valence-electron chi connectivity index (χ1n) is 6.65. The number of fused-ring (bicyclic) bond motifs is 1. The highest BCUT2D eigenvalue weighted by atomic mass is 32.2. The summed E-state index contributed by atoms with van der Waals surface area (Å²) in [7, 11) is 0. The molecular weight excluding hydrogens is 358 g/mol. The lowest BCUT2D eigenvalue weighted by Gasteiger charge is -2.48. The Morgan fingerprint density at radius 1 is 1.57 bits per heavy atom. The fourth-order valence-corrected chi connectivity index (χ4v) is 5.26. The van der Waals surface area contributed by atoms with Crippen LogP contribution in [0.4, 0.5) is 0 Å². The molecular formula is C13H13N3O4S3. The van der Waals surface area contributed by atoms with Crippen molar-refractivity contribution in [2.75, 3.05) is 11.5 Å². The van der Waals surface area contributed by atoms with E-state index in [0.29, 0.717) is 17.0 Å². The van der Waals surface area contributed by atoms with Crippen LogP contribution in [0.2, 0.25) is 0 Å². The zero-order valence-corrected chi connectivity index (χ0v) is 14.5.